The second kappa shape index (κ2) is 11.0. The van der Waals surface area contributed by atoms with Crippen LogP contribution in [0.1, 0.15) is 41.7 Å². The van der Waals surface area contributed by atoms with Crippen LogP contribution in [0.15, 0.2) is 83.5 Å². The molecule has 5 heteroatoms. The van der Waals surface area contributed by atoms with E-state index in [-0.39, 0.29) is 11.6 Å². The van der Waals surface area contributed by atoms with Gasteiger partial charge in [0.2, 0.25) is 0 Å². The molecule has 3 aromatic carbocycles. The molecule has 0 bridgehead atoms. The lowest BCUT2D eigenvalue weighted by molar-refractivity contribution is -0.114. The minimum Gasteiger partial charge on any atom is -0.378 e. The van der Waals surface area contributed by atoms with Crippen LogP contribution in [0.5, 0.6) is 0 Å². The van der Waals surface area contributed by atoms with Crippen molar-refractivity contribution in [2.24, 2.45) is 10.9 Å². The van der Waals surface area contributed by atoms with E-state index in [0.717, 1.165) is 28.1 Å². The zero-order valence-corrected chi connectivity index (χ0v) is 22.4. The van der Waals surface area contributed by atoms with Gasteiger partial charge >= 0.3 is 0 Å². The molecule has 4 nitrogen and oxygen atoms in total. The summed E-state index contributed by atoms with van der Waals surface area (Å²) in [5.74, 6) is -0.724. The van der Waals surface area contributed by atoms with E-state index in [1.165, 1.54) is 6.07 Å². The van der Waals surface area contributed by atoms with Gasteiger partial charge in [0.1, 0.15) is 5.82 Å². The number of carbonyl (C=O) groups is 1. The Hall–Kier alpha value is -3.99. The van der Waals surface area contributed by atoms with E-state index in [1.54, 1.807) is 6.92 Å². The van der Waals surface area contributed by atoms with Crippen LogP contribution in [0.25, 0.3) is 11.4 Å². The van der Waals surface area contributed by atoms with Crippen molar-refractivity contribution < 1.29 is 9.18 Å². The topological polar surface area (TPSA) is 44.7 Å². The summed E-state index contributed by atoms with van der Waals surface area (Å²) in [6.07, 6.45) is 2.45. The molecule has 1 heterocycles. The Morgan fingerprint density at radius 2 is 1.70 bits per heavy atom. The summed E-state index contributed by atoms with van der Waals surface area (Å²) >= 11 is 0. The van der Waals surface area contributed by atoms with E-state index in [0.29, 0.717) is 34.7 Å². The number of Topliss-reactive ketones (excluding diaryl/α,β-unsaturated/α-hetero) is 1. The average Bonchev–Trinajstić information content (AvgIpc) is 3.16. The Labute approximate surface area is 219 Å². The first-order valence-electron chi connectivity index (χ1n) is 12.6. The fourth-order valence-electron chi connectivity index (χ4n) is 4.49. The molecule has 0 radical (unpaired) electrons. The molecule has 0 aromatic heterocycles. The highest BCUT2D eigenvalue weighted by Gasteiger charge is 2.33. The number of rotatable bonds is 7. The van der Waals surface area contributed by atoms with Crippen LogP contribution in [0.2, 0.25) is 0 Å². The van der Waals surface area contributed by atoms with Gasteiger partial charge in [-0.2, -0.15) is 0 Å². The molecule has 37 heavy (non-hydrogen) atoms. The number of allylic oxidation sites excluding steroid dienone is 2. The SMILES string of the molecule is C/C=C(\N/C(=C1/N=C(Cc2ccccc2)C(=O)[C@H]1C)c1cc(C)c(C)c(F)c1)c1ccc(N(C)C)cc1. The standard InChI is InChI=1S/C32H34FN3O/c1-7-28(24-13-15-26(16-14-24)36(5)6)34-31(25-17-20(2)21(3)27(33)19-25)30-22(4)32(37)29(35-30)18-23-11-9-8-10-12-23/h7-17,19,22,34H,18H2,1-6H3/b28-7-,31-30+/t22-/m0/s1. The van der Waals surface area contributed by atoms with Gasteiger partial charge in [-0.25, -0.2) is 4.39 Å². The van der Waals surface area contributed by atoms with Crippen molar-refractivity contribution in [1.82, 2.24) is 5.32 Å². The Balaban J connectivity index is 1.82. The van der Waals surface area contributed by atoms with Crippen molar-refractivity contribution in [1.29, 1.82) is 0 Å². The molecule has 1 atom stereocenters. The fourth-order valence-corrected chi connectivity index (χ4v) is 4.49. The number of aliphatic imine (C=N–C) groups is 1. The first-order chi connectivity index (χ1) is 17.7. The summed E-state index contributed by atoms with van der Waals surface area (Å²) < 4.78 is 14.9. The van der Waals surface area contributed by atoms with Gasteiger partial charge in [0.25, 0.3) is 0 Å². The van der Waals surface area contributed by atoms with Crippen molar-refractivity contribution in [3.05, 3.63) is 112 Å². The lowest BCUT2D eigenvalue weighted by atomic mass is 9.95. The number of benzene rings is 3. The zero-order chi connectivity index (χ0) is 26.7. The highest BCUT2D eigenvalue weighted by atomic mass is 19.1. The maximum absolute atomic E-state index is 14.9. The first kappa shape index (κ1) is 26.1. The third-order valence-electron chi connectivity index (χ3n) is 6.95. The van der Waals surface area contributed by atoms with Crippen LogP contribution in [0, 0.1) is 25.6 Å². The van der Waals surface area contributed by atoms with Crippen molar-refractivity contribution in [2.75, 3.05) is 19.0 Å². The van der Waals surface area contributed by atoms with E-state index in [9.17, 15) is 9.18 Å². The van der Waals surface area contributed by atoms with E-state index < -0.39 is 5.92 Å². The Kier molecular flexibility index (Phi) is 7.72. The van der Waals surface area contributed by atoms with Crippen molar-refractivity contribution in [3.63, 3.8) is 0 Å². The molecule has 0 aliphatic carbocycles. The number of ketones is 1. The van der Waals surface area contributed by atoms with Crippen LogP contribution < -0.4 is 10.2 Å². The quantitative estimate of drug-likeness (QED) is 0.395. The van der Waals surface area contributed by atoms with Crippen LogP contribution in [-0.4, -0.2) is 25.6 Å². The lowest BCUT2D eigenvalue weighted by Crippen LogP contribution is -2.19. The largest absolute Gasteiger partial charge is 0.378 e. The third-order valence-corrected chi connectivity index (χ3v) is 6.95. The summed E-state index contributed by atoms with van der Waals surface area (Å²) in [5.41, 5.74) is 7.90. The number of nitrogens with one attached hydrogen (secondary N) is 1. The van der Waals surface area contributed by atoms with Crippen molar-refractivity contribution in [3.8, 4) is 0 Å². The molecular formula is C32H34FN3O. The summed E-state index contributed by atoms with van der Waals surface area (Å²) in [7, 11) is 4.01. The lowest BCUT2D eigenvalue weighted by Gasteiger charge is -2.20. The number of nitrogens with zero attached hydrogens (tertiary/aromatic N) is 2. The van der Waals surface area contributed by atoms with Gasteiger partial charge in [0.05, 0.1) is 23.0 Å². The highest BCUT2D eigenvalue weighted by Crippen LogP contribution is 2.33. The summed E-state index contributed by atoms with van der Waals surface area (Å²) in [5, 5.41) is 3.54. The Morgan fingerprint density at radius 1 is 1.03 bits per heavy atom. The van der Waals surface area contributed by atoms with E-state index in [1.807, 2.05) is 94.4 Å². The molecular weight excluding hydrogens is 461 g/mol. The van der Waals surface area contributed by atoms with Gasteiger partial charge in [-0.1, -0.05) is 48.5 Å². The van der Waals surface area contributed by atoms with Gasteiger partial charge in [0, 0.05) is 37.5 Å². The van der Waals surface area contributed by atoms with Crippen molar-refractivity contribution in [2.45, 2.75) is 34.1 Å². The Bertz CT molecular complexity index is 1380. The molecule has 190 valence electrons. The number of hydrogen-bond donors (Lipinski definition) is 1. The van der Waals surface area contributed by atoms with Crippen LogP contribution in [0.4, 0.5) is 10.1 Å². The van der Waals surface area contributed by atoms with Crippen LogP contribution >= 0.6 is 0 Å². The summed E-state index contributed by atoms with van der Waals surface area (Å²) in [6.45, 7) is 7.50. The molecule has 0 saturated heterocycles. The second-order valence-electron chi connectivity index (χ2n) is 9.74. The van der Waals surface area contributed by atoms with Gasteiger partial charge in [-0.05, 0) is 74.2 Å². The number of carbonyl (C=O) groups excluding carboxylic acids is 1. The smallest absolute Gasteiger partial charge is 0.186 e. The maximum atomic E-state index is 14.9. The minimum atomic E-state index is -0.444. The minimum absolute atomic E-state index is 0.000164. The fraction of sp³-hybridized carbons (Fsp3) is 0.250. The number of aryl methyl sites for hydroxylation is 1. The first-order valence-corrected chi connectivity index (χ1v) is 12.6. The molecule has 1 aliphatic rings. The third kappa shape index (κ3) is 5.56. The molecule has 0 saturated carbocycles. The summed E-state index contributed by atoms with van der Waals surface area (Å²) in [4.78, 5) is 20.2. The molecule has 0 spiro atoms. The molecule has 1 aliphatic heterocycles. The number of hydrogen-bond acceptors (Lipinski definition) is 4. The highest BCUT2D eigenvalue weighted by molar-refractivity contribution is 6.43. The molecule has 0 amide bonds. The number of anilines is 1. The average molecular weight is 496 g/mol. The number of halogens is 1. The van der Waals surface area contributed by atoms with Gasteiger partial charge in [0.15, 0.2) is 5.78 Å². The zero-order valence-electron chi connectivity index (χ0n) is 22.4. The maximum Gasteiger partial charge on any atom is 0.186 e. The normalized spacial score (nSPS) is 17.1. The van der Waals surface area contributed by atoms with Crippen LogP contribution in [0.3, 0.4) is 0 Å². The second-order valence-corrected chi connectivity index (χ2v) is 9.74. The predicted octanol–water partition coefficient (Wildman–Crippen LogP) is 6.73. The van der Waals surface area contributed by atoms with E-state index in [2.05, 4.69) is 17.4 Å². The van der Waals surface area contributed by atoms with Gasteiger partial charge in [-0.15, -0.1) is 0 Å². The molecule has 0 unspecified atom stereocenters. The molecule has 0 fully saturated rings. The van der Waals surface area contributed by atoms with Crippen molar-refractivity contribution >= 4 is 28.6 Å². The van der Waals surface area contributed by atoms with Crippen LogP contribution in [-0.2, 0) is 11.2 Å². The summed E-state index contributed by atoms with van der Waals surface area (Å²) in [6, 6.07) is 21.6. The van der Waals surface area contributed by atoms with Gasteiger partial charge in [-0.3, -0.25) is 9.79 Å². The predicted molar refractivity (Wildman–Crippen MR) is 152 cm³/mol. The van der Waals surface area contributed by atoms with E-state index in [4.69, 9.17) is 4.99 Å². The molecule has 1 N–H and O–H groups in total. The molecule has 4 rings (SSSR count). The van der Waals surface area contributed by atoms with E-state index >= 15 is 0 Å². The monoisotopic (exact) mass is 495 g/mol. The molecule has 3 aromatic rings. The van der Waals surface area contributed by atoms with Gasteiger partial charge < -0.3 is 10.2 Å². The Morgan fingerprint density at radius 3 is 2.30 bits per heavy atom.